The fourth-order valence-electron chi connectivity index (χ4n) is 4.75. The smallest absolute Gasteiger partial charge is 0.347 e. The summed E-state index contributed by atoms with van der Waals surface area (Å²) in [4.78, 5) is 27.8. The number of nitrogens with two attached hydrogens (primary N) is 1. The maximum Gasteiger partial charge on any atom is 0.347 e. The van der Waals surface area contributed by atoms with Crippen molar-refractivity contribution in [2.45, 2.75) is 25.0 Å². The number of hydrogen-bond donors (Lipinski definition) is 3. The number of amides is 1. The van der Waals surface area contributed by atoms with Gasteiger partial charge >= 0.3 is 5.97 Å². The first kappa shape index (κ1) is 28.3. The van der Waals surface area contributed by atoms with E-state index in [1.54, 1.807) is 48.5 Å². The predicted molar refractivity (Wildman–Crippen MR) is 149 cm³/mol. The summed E-state index contributed by atoms with van der Waals surface area (Å²) >= 11 is 0. The minimum atomic E-state index is -2.03. The van der Waals surface area contributed by atoms with Gasteiger partial charge in [-0.3, -0.25) is 9.69 Å². The molecule has 1 heterocycles. The lowest BCUT2D eigenvalue weighted by molar-refractivity contribution is -0.164. The van der Waals surface area contributed by atoms with Crippen LogP contribution in [0.25, 0.3) is 0 Å². The molecule has 1 amide bonds. The number of likely N-dealkylation sites (tertiary alicyclic amines) is 1. The molecule has 4 rings (SSSR count). The highest BCUT2D eigenvalue weighted by molar-refractivity contribution is 5.85. The molecule has 3 aromatic rings. The van der Waals surface area contributed by atoms with Crippen LogP contribution < -0.4 is 15.8 Å². The first-order valence-corrected chi connectivity index (χ1v) is 13.4. The van der Waals surface area contributed by atoms with Crippen molar-refractivity contribution < 1.29 is 24.2 Å². The van der Waals surface area contributed by atoms with Crippen molar-refractivity contribution in [1.82, 2.24) is 10.2 Å². The molecule has 1 atom stereocenters. The Morgan fingerprint density at radius 3 is 2.31 bits per heavy atom. The monoisotopic (exact) mass is 531 g/mol. The fourth-order valence-corrected chi connectivity index (χ4v) is 4.75. The quantitative estimate of drug-likeness (QED) is 0.308. The van der Waals surface area contributed by atoms with E-state index in [4.69, 9.17) is 15.2 Å². The molecule has 1 aliphatic rings. The molecule has 1 fully saturated rings. The highest BCUT2D eigenvalue weighted by Gasteiger charge is 2.42. The lowest BCUT2D eigenvalue weighted by Crippen LogP contribution is -2.40. The largest absolute Gasteiger partial charge is 0.484 e. The highest BCUT2D eigenvalue weighted by Crippen LogP contribution is 2.33. The van der Waals surface area contributed by atoms with E-state index in [9.17, 15) is 14.7 Å². The van der Waals surface area contributed by atoms with E-state index in [0.29, 0.717) is 30.0 Å². The highest BCUT2D eigenvalue weighted by atomic mass is 16.5. The van der Waals surface area contributed by atoms with E-state index in [0.717, 1.165) is 32.5 Å². The number of esters is 1. The first-order valence-electron chi connectivity index (χ1n) is 13.4. The molecule has 4 N–H and O–H groups in total. The third kappa shape index (κ3) is 7.66. The standard InChI is InChI=1S/C31H37N3O5/c32-16-17-33-29(35)23-38-28-13-7-12-27(20-28)31(37,26-10-5-2-6-11-26)30(36)39-22-25-14-18-34(19-15-25)21-24-8-3-1-4-9-24/h1-13,20,25,37H,14-19,21-23,32H2,(H,33,35)/t31-/m0/s1. The zero-order valence-electron chi connectivity index (χ0n) is 22.1. The molecule has 0 radical (unpaired) electrons. The van der Waals surface area contributed by atoms with Crippen molar-refractivity contribution in [2.75, 3.05) is 39.4 Å². The molecule has 206 valence electrons. The van der Waals surface area contributed by atoms with Crippen LogP contribution in [0.5, 0.6) is 5.75 Å². The minimum absolute atomic E-state index is 0.208. The fraction of sp³-hybridized carbons (Fsp3) is 0.355. The van der Waals surface area contributed by atoms with Crippen LogP contribution in [0, 0.1) is 5.92 Å². The molecular formula is C31H37N3O5. The van der Waals surface area contributed by atoms with Gasteiger partial charge in [0.25, 0.3) is 5.91 Å². The zero-order valence-corrected chi connectivity index (χ0v) is 22.1. The van der Waals surface area contributed by atoms with Gasteiger partial charge in [0.2, 0.25) is 5.60 Å². The Bertz CT molecular complexity index is 1200. The normalized spacial score (nSPS) is 15.7. The van der Waals surface area contributed by atoms with Crippen molar-refractivity contribution in [3.8, 4) is 5.75 Å². The van der Waals surface area contributed by atoms with Gasteiger partial charge in [0.05, 0.1) is 6.61 Å². The van der Waals surface area contributed by atoms with Crippen LogP contribution in [0.1, 0.15) is 29.5 Å². The van der Waals surface area contributed by atoms with Crippen LogP contribution in [-0.4, -0.2) is 61.3 Å². The van der Waals surface area contributed by atoms with Gasteiger partial charge in [0.15, 0.2) is 6.61 Å². The van der Waals surface area contributed by atoms with Crippen LogP contribution in [0.4, 0.5) is 0 Å². The van der Waals surface area contributed by atoms with Crippen molar-refractivity contribution in [1.29, 1.82) is 0 Å². The lowest BCUT2D eigenvalue weighted by atomic mass is 9.86. The molecule has 8 nitrogen and oxygen atoms in total. The lowest BCUT2D eigenvalue weighted by Gasteiger charge is -2.33. The molecule has 0 aromatic heterocycles. The Morgan fingerprint density at radius 2 is 1.62 bits per heavy atom. The number of rotatable bonds is 12. The van der Waals surface area contributed by atoms with Gasteiger partial charge in [-0.1, -0.05) is 72.8 Å². The van der Waals surface area contributed by atoms with Gasteiger partial charge in [-0.2, -0.15) is 0 Å². The van der Waals surface area contributed by atoms with Crippen LogP contribution in [0.2, 0.25) is 0 Å². The van der Waals surface area contributed by atoms with E-state index < -0.39 is 11.6 Å². The molecule has 0 bridgehead atoms. The number of hydrogen-bond acceptors (Lipinski definition) is 7. The average Bonchev–Trinajstić information content (AvgIpc) is 2.99. The third-order valence-electron chi connectivity index (χ3n) is 6.98. The summed E-state index contributed by atoms with van der Waals surface area (Å²) in [6.45, 7) is 3.49. The summed E-state index contributed by atoms with van der Waals surface area (Å²) in [5.74, 6) is -0.470. The predicted octanol–water partition coefficient (Wildman–Crippen LogP) is 2.83. The van der Waals surface area contributed by atoms with E-state index in [2.05, 4.69) is 34.5 Å². The van der Waals surface area contributed by atoms with Gasteiger partial charge in [0.1, 0.15) is 5.75 Å². The summed E-state index contributed by atoms with van der Waals surface area (Å²) in [5, 5.41) is 14.5. The van der Waals surface area contributed by atoms with E-state index in [1.165, 1.54) is 5.56 Å². The Kier molecular flexibility index (Phi) is 10.1. The number of aliphatic hydroxyl groups is 1. The summed E-state index contributed by atoms with van der Waals surface area (Å²) in [7, 11) is 0. The number of piperidine rings is 1. The summed E-state index contributed by atoms with van der Waals surface area (Å²) < 4.78 is 11.4. The molecule has 0 aliphatic carbocycles. The van der Waals surface area contributed by atoms with Gasteiger partial charge in [-0.05, 0) is 55.1 Å². The Hall–Kier alpha value is -3.72. The number of nitrogens with one attached hydrogen (secondary N) is 1. The number of nitrogens with zero attached hydrogens (tertiary/aromatic N) is 1. The van der Waals surface area contributed by atoms with Crippen molar-refractivity contribution in [2.24, 2.45) is 11.7 Å². The SMILES string of the molecule is NCCNC(=O)COc1cccc([C@](O)(C(=O)OCC2CCN(Cc3ccccc3)CC2)c2ccccc2)c1. The molecule has 1 saturated heterocycles. The molecule has 3 aromatic carbocycles. The van der Waals surface area contributed by atoms with Gasteiger partial charge < -0.3 is 25.6 Å². The Labute approximate surface area is 229 Å². The van der Waals surface area contributed by atoms with Gasteiger partial charge in [0, 0.05) is 25.2 Å². The number of benzene rings is 3. The summed E-state index contributed by atoms with van der Waals surface area (Å²) in [6, 6.07) is 25.7. The van der Waals surface area contributed by atoms with Crippen LogP contribution in [0.15, 0.2) is 84.9 Å². The molecule has 8 heteroatoms. The third-order valence-corrected chi connectivity index (χ3v) is 6.98. The zero-order chi connectivity index (χ0) is 27.5. The summed E-state index contributed by atoms with van der Waals surface area (Å²) in [6.07, 6.45) is 1.83. The second-order valence-electron chi connectivity index (χ2n) is 9.84. The second kappa shape index (κ2) is 13.9. The van der Waals surface area contributed by atoms with E-state index in [1.807, 2.05) is 12.1 Å². The molecular weight excluding hydrogens is 494 g/mol. The molecule has 0 saturated carbocycles. The number of carbonyl (C=O) groups excluding carboxylic acids is 2. The van der Waals surface area contributed by atoms with Gasteiger partial charge in [-0.15, -0.1) is 0 Å². The topological polar surface area (TPSA) is 114 Å². The van der Waals surface area contributed by atoms with Crippen molar-refractivity contribution in [3.63, 3.8) is 0 Å². The molecule has 39 heavy (non-hydrogen) atoms. The molecule has 0 spiro atoms. The van der Waals surface area contributed by atoms with E-state index in [-0.39, 0.29) is 25.0 Å². The Balaban J connectivity index is 1.40. The number of carbonyl (C=O) groups is 2. The van der Waals surface area contributed by atoms with Gasteiger partial charge in [-0.25, -0.2) is 4.79 Å². The van der Waals surface area contributed by atoms with Crippen LogP contribution >= 0.6 is 0 Å². The van der Waals surface area contributed by atoms with Crippen molar-refractivity contribution >= 4 is 11.9 Å². The van der Waals surface area contributed by atoms with Crippen molar-refractivity contribution in [3.05, 3.63) is 102 Å². The van der Waals surface area contributed by atoms with Crippen LogP contribution in [0.3, 0.4) is 0 Å². The maximum atomic E-state index is 13.5. The van der Waals surface area contributed by atoms with E-state index >= 15 is 0 Å². The Morgan fingerprint density at radius 1 is 0.949 bits per heavy atom. The summed E-state index contributed by atoms with van der Waals surface area (Å²) in [5.41, 5.74) is 5.37. The molecule has 0 unspecified atom stereocenters. The maximum absolute atomic E-state index is 13.5. The van der Waals surface area contributed by atoms with Crippen LogP contribution in [-0.2, 0) is 26.5 Å². The number of ether oxygens (including phenoxy) is 2. The first-order chi connectivity index (χ1) is 19.0. The second-order valence-corrected chi connectivity index (χ2v) is 9.84. The molecule has 1 aliphatic heterocycles. The minimum Gasteiger partial charge on any atom is -0.484 e. The average molecular weight is 532 g/mol.